The molecule has 0 aromatic carbocycles. The number of hydrogen-bond acceptors (Lipinski definition) is 0. The first-order valence-corrected chi connectivity index (χ1v) is 4.93. The average Bonchev–Trinajstić information content (AvgIpc) is 2.32. The van der Waals surface area contributed by atoms with Gasteiger partial charge in [-0.2, -0.15) is 0 Å². The average molecular weight is 164 g/mol. The Kier molecular flexibility index (Phi) is 2.76. The molecule has 0 unspecified atom stereocenters. The van der Waals surface area contributed by atoms with Gasteiger partial charge < -0.3 is 0 Å². The number of rotatable bonds is 2. The molecule has 0 nitrogen and oxygen atoms in total. The van der Waals surface area contributed by atoms with E-state index in [2.05, 4.69) is 34.3 Å². The Morgan fingerprint density at radius 2 is 2.08 bits per heavy atom. The van der Waals surface area contributed by atoms with Gasteiger partial charge in [0.15, 0.2) is 0 Å². The Hall–Kier alpha value is -0.520. The Morgan fingerprint density at radius 1 is 1.50 bits per heavy atom. The van der Waals surface area contributed by atoms with Gasteiger partial charge in [-0.05, 0) is 37.7 Å². The van der Waals surface area contributed by atoms with Crippen LogP contribution in [0.5, 0.6) is 0 Å². The molecular weight excluding hydrogens is 144 g/mol. The molecule has 0 aromatic heterocycles. The van der Waals surface area contributed by atoms with Gasteiger partial charge in [0, 0.05) is 0 Å². The normalized spacial score (nSPS) is 26.7. The van der Waals surface area contributed by atoms with E-state index < -0.39 is 0 Å². The molecule has 12 heavy (non-hydrogen) atoms. The fourth-order valence-electron chi connectivity index (χ4n) is 2.04. The van der Waals surface area contributed by atoms with Crippen molar-refractivity contribution in [2.45, 2.75) is 40.5 Å². The standard InChI is InChI=1S/C12H20/c1-6-8(2)12-7-9(3)10(4)11(12)5/h8,12H,3,6-7H2,1-2,4-5H3/t8-,12+/m0/s1. The molecule has 0 aliphatic heterocycles. The Morgan fingerprint density at radius 3 is 2.42 bits per heavy atom. The van der Waals surface area contributed by atoms with Crippen LogP contribution in [0.15, 0.2) is 23.3 Å². The lowest BCUT2D eigenvalue weighted by Crippen LogP contribution is -2.08. The fraction of sp³-hybridized carbons (Fsp3) is 0.667. The predicted octanol–water partition coefficient (Wildman–Crippen LogP) is 3.95. The van der Waals surface area contributed by atoms with E-state index in [-0.39, 0.29) is 0 Å². The van der Waals surface area contributed by atoms with E-state index in [1.807, 2.05) is 0 Å². The third-order valence-electron chi connectivity index (χ3n) is 3.48. The zero-order chi connectivity index (χ0) is 9.30. The summed E-state index contributed by atoms with van der Waals surface area (Å²) in [6, 6.07) is 0. The highest BCUT2D eigenvalue weighted by molar-refractivity contribution is 5.39. The monoisotopic (exact) mass is 164 g/mol. The SMILES string of the molecule is C=C1C[C@H]([C@@H](C)CC)C(C)=C1C. The summed E-state index contributed by atoms with van der Waals surface area (Å²) in [5, 5.41) is 0. The van der Waals surface area contributed by atoms with Gasteiger partial charge in [0.1, 0.15) is 0 Å². The summed E-state index contributed by atoms with van der Waals surface area (Å²) in [7, 11) is 0. The van der Waals surface area contributed by atoms with Crippen molar-refractivity contribution >= 4 is 0 Å². The molecule has 0 heteroatoms. The third kappa shape index (κ3) is 1.48. The molecule has 0 amide bonds. The van der Waals surface area contributed by atoms with E-state index in [0.29, 0.717) is 0 Å². The molecule has 0 bridgehead atoms. The molecule has 0 aromatic rings. The van der Waals surface area contributed by atoms with Crippen LogP contribution >= 0.6 is 0 Å². The van der Waals surface area contributed by atoms with Crippen LogP contribution in [-0.4, -0.2) is 0 Å². The van der Waals surface area contributed by atoms with Crippen molar-refractivity contribution in [3.8, 4) is 0 Å². The lowest BCUT2D eigenvalue weighted by molar-refractivity contribution is 0.408. The summed E-state index contributed by atoms with van der Waals surface area (Å²) in [5.74, 6) is 1.60. The lowest BCUT2D eigenvalue weighted by atomic mass is 9.87. The van der Waals surface area contributed by atoms with Crippen LogP contribution in [0.2, 0.25) is 0 Å². The molecule has 0 N–H and O–H groups in total. The van der Waals surface area contributed by atoms with Crippen LogP contribution in [0.25, 0.3) is 0 Å². The molecule has 1 rings (SSSR count). The Labute approximate surface area is 76.4 Å². The topological polar surface area (TPSA) is 0 Å². The summed E-state index contributed by atoms with van der Waals surface area (Å²) in [5.41, 5.74) is 4.40. The maximum Gasteiger partial charge on any atom is -0.0134 e. The molecule has 0 radical (unpaired) electrons. The first-order chi connectivity index (χ1) is 5.57. The molecule has 0 saturated carbocycles. The minimum absolute atomic E-state index is 0.780. The Balaban J connectivity index is 2.80. The van der Waals surface area contributed by atoms with Crippen LogP contribution in [0.4, 0.5) is 0 Å². The van der Waals surface area contributed by atoms with Crippen LogP contribution in [-0.2, 0) is 0 Å². The quantitative estimate of drug-likeness (QED) is 0.580. The molecule has 1 aliphatic carbocycles. The second-order valence-corrected chi connectivity index (χ2v) is 4.11. The van der Waals surface area contributed by atoms with E-state index in [4.69, 9.17) is 0 Å². The van der Waals surface area contributed by atoms with E-state index in [9.17, 15) is 0 Å². The van der Waals surface area contributed by atoms with Crippen molar-refractivity contribution in [1.82, 2.24) is 0 Å². The van der Waals surface area contributed by atoms with Crippen molar-refractivity contribution < 1.29 is 0 Å². The van der Waals surface area contributed by atoms with Gasteiger partial charge in [0.05, 0.1) is 0 Å². The van der Waals surface area contributed by atoms with Gasteiger partial charge in [-0.25, -0.2) is 0 Å². The van der Waals surface area contributed by atoms with Crippen LogP contribution < -0.4 is 0 Å². The smallest absolute Gasteiger partial charge is 0.0134 e. The van der Waals surface area contributed by atoms with E-state index in [0.717, 1.165) is 11.8 Å². The first-order valence-electron chi connectivity index (χ1n) is 4.93. The third-order valence-corrected chi connectivity index (χ3v) is 3.48. The second kappa shape index (κ2) is 3.47. The van der Waals surface area contributed by atoms with Crippen molar-refractivity contribution in [2.75, 3.05) is 0 Å². The minimum Gasteiger partial charge on any atom is -0.0955 e. The minimum atomic E-state index is 0.780. The second-order valence-electron chi connectivity index (χ2n) is 4.11. The van der Waals surface area contributed by atoms with Gasteiger partial charge >= 0.3 is 0 Å². The molecule has 1 aliphatic rings. The van der Waals surface area contributed by atoms with Crippen LogP contribution in [0.1, 0.15) is 40.5 Å². The van der Waals surface area contributed by atoms with E-state index in [1.54, 1.807) is 5.57 Å². The molecule has 0 heterocycles. The van der Waals surface area contributed by atoms with Crippen molar-refractivity contribution in [1.29, 1.82) is 0 Å². The first kappa shape index (κ1) is 9.57. The van der Waals surface area contributed by atoms with Crippen molar-refractivity contribution in [3.63, 3.8) is 0 Å². The maximum absolute atomic E-state index is 4.09. The summed E-state index contributed by atoms with van der Waals surface area (Å²) in [4.78, 5) is 0. The highest BCUT2D eigenvalue weighted by atomic mass is 14.3. The summed E-state index contributed by atoms with van der Waals surface area (Å²) in [6.45, 7) is 13.2. The highest BCUT2D eigenvalue weighted by Crippen LogP contribution is 2.39. The zero-order valence-electron chi connectivity index (χ0n) is 8.78. The lowest BCUT2D eigenvalue weighted by Gasteiger charge is -2.18. The largest absolute Gasteiger partial charge is 0.0955 e. The van der Waals surface area contributed by atoms with Crippen LogP contribution in [0.3, 0.4) is 0 Å². The van der Waals surface area contributed by atoms with Gasteiger partial charge in [-0.15, -0.1) is 0 Å². The molecule has 68 valence electrons. The molecule has 0 saturated heterocycles. The number of allylic oxidation sites excluding steroid dienone is 3. The van der Waals surface area contributed by atoms with Gasteiger partial charge in [0.2, 0.25) is 0 Å². The molecule has 0 fully saturated rings. The van der Waals surface area contributed by atoms with E-state index in [1.165, 1.54) is 24.0 Å². The molecular formula is C12H20. The van der Waals surface area contributed by atoms with Gasteiger partial charge in [-0.3, -0.25) is 0 Å². The van der Waals surface area contributed by atoms with Crippen LogP contribution in [0, 0.1) is 11.8 Å². The number of hydrogen-bond donors (Lipinski definition) is 0. The van der Waals surface area contributed by atoms with Gasteiger partial charge in [-0.1, -0.05) is 38.0 Å². The highest BCUT2D eigenvalue weighted by Gasteiger charge is 2.26. The summed E-state index contributed by atoms with van der Waals surface area (Å²) < 4.78 is 0. The maximum atomic E-state index is 4.09. The zero-order valence-corrected chi connectivity index (χ0v) is 8.78. The van der Waals surface area contributed by atoms with Crippen molar-refractivity contribution in [2.24, 2.45) is 11.8 Å². The predicted molar refractivity (Wildman–Crippen MR) is 55.1 cm³/mol. The summed E-state index contributed by atoms with van der Waals surface area (Å²) >= 11 is 0. The fourth-order valence-corrected chi connectivity index (χ4v) is 2.04. The summed E-state index contributed by atoms with van der Waals surface area (Å²) in [6.07, 6.45) is 2.48. The molecule has 0 spiro atoms. The van der Waals surface area contributed by atoms with Crippen molar-refractivity contribution in [3.05, 3.63) is 23.3 Å². The van der Waals surface area contributed by atoms with Gasteiger partial charge in [0.25, 0.3) is 0 Å². The molecule has 2 atom stereocenters. The Bertz CT molecular complexity index is 220. The van der Waals surface area contributed by atoms with E-state index >= 15 is 0 Å².